The molecule has 9 nitrogen and oxygen atoms in total. The molecule has 1 aliphatic heterocycles. The number of hydrogen-bond donors (Lipinski definition) is 1. The number of likely N-dealkylation sites (tertiary alicyclic amines) is 1. The van der Waals surface area contributed by atoms with Gasteiger partial charge < -0.3 is 19.5 Å². The lowest BCUT2D eigenvalue weighted by Crippen LogP contribution is -2.46. The topological polar surface area (TPSA) is 107 Å². The second kappa shape index (κ2) is 10.4. The van der Waals surface area contributed by atoms with Gasteiger partial charge in [0.1, 0.15) is 17.1 Å². The van der Waals surface area contributed by atoms with Crippen LogP contribution < -0.4 is 15.0 Å². The number of amides is 1. The SMILES string of the molecule is COc1ccc(-c2cc3cnn(Cc4cccc(OC[C@@H]5CCCCN5C(=O)O)n4)c(=O)c3s2)cc1. The molecule has 4 aromatic rings. The molecule has 1 saturated heterocycles. The molecule has 0 aliphatic carbocycles. The second-order valence-corrected chi connectivity index (χ2v) is 9.69. The van der Waals surface area contributed by atoms with E-state index in [1.165, 1.54) is 20.9 Å². The molecule has 1 aliphatic rings. The monoisotopic (exact) mass is 506 g/mol. The summed E-state index contributed by atoms with van der Waals surface area (Å²) in [7, 11) is 1.63. The maximum atomic E-state index is 13.2. The van der Waals surface area contributed by atoms with Crippen molar-refractivity contribution in [1.82, 2.24) is 19.7 Å². The van der Waals surface area contributed by atoms with Gasteiger partial charge in [0.25, 0.3) is 5.56 Å². The zero-order chi connectivity index (χ0) is 25.1. The van der Waals surface area contributed by atoms with Crippen LogP contribution in [0.15, 0.2) is 59.5 Å². The van der Waals surface area contributed by atoms with Crippen molar-refractivity contribution in [2.75, 3.05) is 20.3 Å². The van der Waals surface area contributed by atoms with Gasteiger partial charge in [-0.1, -0.05) is 6.07 Å². The van der Waals surface area contributed by atoms with Gasteiger partial charge in [-0.2, -0.15) is 5.10 Å². The summed E-state index contributed by atoms with van der Waals surface area (Å²) in [6, 6.07) is 14.9. The van der Waals surface area contributed by atoms with Gasteiger partial charge in [0.15, 0.2) is 0 Å². The zero-order valence-corrected chi connectivity index (χ0v) is 20.6. The fourth-order valence-corrected chi connectivity index (χ4v) is 5.45. The molecule has 0 unspecified atom stereocenters. The van der Waals surface area contributed by atoms with Gasteiger partial charge in [-0.05, 0) is 61.2 Å². The van der Waals surface area contributed by atoms with Gasteiger partial charge in [0.2, 0.25) is 5.88 Å². The molecule has 1 aromatic carbocycles. The summed E-state index contributed by atoms with van der Waals surface area (Å²) in [6.45, 7) is 0.972. The van der Waals surface area contributed by atoms with Gasteiger partial charge in [0, 0.05) is 22.9 Å². The van der Waals surface area contributed by atoms with E-state index >= 15 is 0 Å². The van der Waals surface area contributed by atoms with E-state index in [1.54, 1.807) is 19.4 Å². The quantitative estimate of drug-likeness (QED) is 0.394. The Morgan fingerprint density at radius 2 is 2.03 bits per heavy atom. The number of fused-ring (bicyclic) bond motifs is 1. The fraction of sp³-hybridized carbons (Fsp3) is 0.308. The number of carboxylic acid groups (broad SMARTS) is 1. The number of hydrogen-bond acceptors (Lipinski definition) is 7. The molecule has 1 fully saturated rings. The molecule has 1 N–H and O–H groups in total. The number of ether oxygens (including phenoxy) is 2. The highest BCUT2D eigenvalue weighted by molar-refractivity contribution is 7.22. The van der Waals surface area contributed by atoms with E-state index in [2.05, 4.69) is 10.1 Å². The number of carbonyl (C=O) groups is 1. The molecule has 0 radical (unpaired) electrons. The summed E-state index contributed by atoms with van der Waals surface area (Å²) in [6.07, 6.45) is 3.39. The van der Waals surface area contributed by atoms with Crippen molar-refractivity contribution in [2.24, 2.45) is 0 Å². The maximum Gasteiger partial charge on any atom is 0.407 e. The van der Waals surface area contributed by atoms with Crippen molar-refractivity contribution < 1.29 is 19.4 Å². The Hall–Kier alpha value is -3.92. The number of methoxy groups -OCH3 is 1. The minimum Gasteiger partial charge on any atom is -0.497 e. The molecule has 5 rings (SSSR count). The molecule has 4 heterocycles. The van der Waals surface area contributed by atoms with Crippen LogP contribution in [0, 0.1) is 0 Å². The van der Waals surface area contributed by atoms with Gasteiger partial charge in [0.05, 0.1) is 31.6 Å². The highest BCUT2D eigenvalue weighted by Crippen LogP contribution is 2.32. The van der Waals surface area contributed by atoms with Gasteiger partial charge in [-0.15, -0.1) is 11.3 Å². The number of pyridine rings is 1. The maximum absolute atomic E-state index is 13.2. The molecule has 1 amide bonds. The van der Waals surface area contributed by atoms with E-state index in [1.807, 2.05) is 42.5 Å². The minimum atomic E-state index is -0.922. The minimum absolute atomic E-state index is 0.176. The largest absolute Gasteiger partial charge is 0.497 e. The van der Waals surface area contributed by atoms with E-state index in [9.17, 15) is 14.7 Å². The Morgan fingerprint density at radius 1 is 1.19 bits per heavy atom. The number of benzene rings is 1. The highest BCUT2D eigenvalue weighted by atomic mass is 32.1. The third-order valence-electron chi connectivity index (χ3n) is 6.29. The molecule has 1 atom stereocenters. The summed E-state index contributed by atoms with van der Waals surface area (Å²) in [5.41, 5.74) is 1.46. The smallest absolute Gasteiger partial charge is 0.407 e. The number of aromatic nitrogens is 3. The first-order valence-corrected chi connectivity index (χ1v) is 12.6. The predicted octanol–water partition coefficient (Wildman–Crippen LogP) is 4.49. The highest BCUT2D eigenvalue weighted by Gasteiger charge is 2.27. The Kier molecular flexibility index (Phi) is 6.86. The van der Waals surface area contributed by atoms with Crippen molar-refractivity contribution in [1.29, 1.82) is 0 Å². The fourth-order valence-electron chi connectivity index (χ4n) is 4.37. The van der Waals surface area contributed by atoms with Crippen LogP contribution in [-0.4, -0.2) is 57.2 Å². The second-order valence-electron chi connectivity index (χ2n) is 8.63. The van der Waals surface area contributed by atoms with Gasteiger partial charge in [-0.3, -0.25) is 4.79 Å². The van der Waals surface area contributed by atoms with E-state index in [0.29, 0.717) is 22.8 Å². The Morgan fingerprint density at radius 3 is 2.81 bits per heavy atom. The number of piperidine rings is 1. The van der Waals surface area contributed by atoms with E-state index in [4.69, 9.17) is 9.47 Å². The molecule has 0 spiro atoms. The average Bonchev–Trinajstić information content (AvgIpc) is 3.35. The van der Waals surface area contributed by atoms with Crippen molar-refractivity contribution in [2.45, 2.75) is 31.8 Å². The number of thiophene rings is 1. The van der Waals surface area contributed by atoms with E-state index in [-0.39, 0.29) is 24.8 Å². The summed E-state index contributed by atoms with van der Waals surface area (Å²) >= 11 is 1.43. The average molecular weight is 507 g/mol. The molecular weight excluding hydrogens is 480 g/mol. The summed E-state index contributed by atoms with van der Waals surface area (Å²) in [5.74, 6) is 1.18. The zero-order valence-electron chi connectivity index (χ0n) is 19.8. The standard InChI is InChI=1S/C26H26N4O5S/c1-34-21-10-8-17(9-11-21)22-13-18-14-27-30(25(31)24(18)36-22)15-19-5-4-7-23(28-19)35-16-20-6-2-3-12-29(20)26(32)33/h4-5,7-11,13-14,20H,2-3,6,12,15-16H2,1H3,(H,32,33)/t20-/m0/s1. The lowest BCUT2D eigenvalue weighted by molar-refractivity contribution is 0.0825. The predicted molar refractivity (Wildman–Crippen MR) is 137 cm³/mol. The van der Waals surface area contributed by atoms with Crippen LogP contribution in [0.4, 0.5) is 4.79 Å². The summed E-state index contributed by atoms with van der Waals surface area (Å²) < 4.78 is 13.1. The Balaban J connectivity index is 1.31. The van der Waals surface area contributed by atoms with Gasteiger partial charge >= 0.3 is 6.09 Å². The van der Waals surface area contributed by atoms with Crippen molar-refractivity contribution in [3.63, 3.8) is 0 Å². The Labute approximate surface area is 211 Å². The normalized spacial score (nSPS) is 15.7. The van der Waals surface area contributed by atoms with Crippen LogP contribution in [0.25, 0.3) is 20.5 Å². The third-order valence-corrected chi connectivity index (χ3v) is 7.48. The Bertz CT molecular complexity index is 1430. The molecule has 36 heavy (non-hydrogen) atoms. The van der Waals surface area contributed by atoms with Crippen molar-refractivity contribution >= 4 is 27.5 Å². The summed E-state index contributed by atoms with van der Waals surface area (Å²) in [5, 5.41) is 14.6. The molecule has 0 saturated carbocycles. The first-order chi connectivity index (χ1) is 17.5. The molecule has 186 valence electrons. The lowest BCUT2D eigenvalue weighted by atomic mass is 10.0. The van der Waals surface area contributed by atoms with Crippen LogP contribution in [0.1, 0.15) is 25.0 Å². The van der Waals surface area contributed by atoms with Crippen LogP contribution in [0.3, 0.4) is 0 Å². The molecular formula is C26H26N4O5S. The number of rotatable bonds is 7. The lowest BCUT2D eigenvalue weighted by Gasteiger charge is -2.33. The molecule has 0 bridgehead atoms. The van der Waals surface area contributed by atoms with Crippen LogP contribution in [0.5, 0.6) is 11.6 Å². The van der Waals surface area contributed by atoms with Crippen molar-refractivity contribution in [3.8, 4) is 22.1 Å². The van der Waals surface area contributed by atoms with E-state index < -0.39 is 6.09 Å². The van der Waals surface area contributed by atoms with Crippen LogP contribution in [-0.2, 0) is 6.54 Å². The first kappa shape index (κ1) is 23.8. The van der Waals surface area contributed by atoms with Crippen LogP contribution >= 0.6 is 11.3 Å². The van der Waals surface area contributed by atoms with Crippen LogP contribution in [0.2, 0.25) is 0 Å². The molecule has 10 heteroatoms. The molecule has 3 aromatic heterocycles. The third kappa shape index (κ3) is 5.03. The van der Waals surface area contributed by atoms with E-state index in [0.717, 1.165) is 40.8 Å². The first-order valence-electron chi connectivity index (χ1n) is 11.7. The number of nitrogens with zero attached hydrogens (tertiary/aromatic N) is 4. The van der Waals surface area contributed by atoms with Crippen molar-refractivity contribution in [3.05, 3.63) is 70.8 Å². The summed E-state index contributed by atoms with van der Waals surface area (Å²) in [4.78, 5) is 31.6. The van der Waals surface area contributed by atoms with Gasteiger partial charge in [-0.25, -0.2) is 14.5 Å².